The zero-order chi connectivity index (χ0) is 15.6. The largest absolute Gasteiger partial charge is 0.459 e. The van der Waals surface area contributed by atoms with Crippen molar-refractivity contribution in [2.75, 3.05) is 5.75 Å². The first kappa shape index (κ1) is 16.0. The molecule has 0 spiro atoms. The summed E-state index contributed by atoms with van der Waals surface area (Å²) in [5.74, 6) is 1.06. The van der Waals surface area contributed by atoms with Gasteiger partial charge in [0.05, 0.1) is 23.1 Å². The predicted octanol–water partition coefficient (Wildman–Crippen LogP) is 2.59. The number of carbonyl (C=O) groups excluding carboxylic acids is 1. The molecule has 0 aromatic carbocycles. The molecule has 0 N–H and O–H groups in total. The highest BCUT2D eigenvalue weighted by atomic mass is 35.5. The molecule has 114 valence electrons. The van der Waals surface area contributed by atoms with E-state index in [0.29, 0.717) is 22.4 Å². The van der Waals surface area contributed by atoms with E-state index < -0.39 is 5.60 Å². The molecule has 21 heavy (non-hydrogen) atoms. The minimum atomic E-state index is -0.467. The molecule has 2 aromatic rings. The highest BCUT2D eigenvalue weighted by Gasteiger charge is 2.16. The lowest BCUT2D eigenvalue weighted by molar-refractivity contribution is -0.151. The minimum Gasteiger partial charge on any atom is -0.459 e. The number of thioether (sulfide) groups is 1. The topological polar surface area (TPSA) is 69.9 Å². The predicted molar refractivity (Wildman–Crippen MR) is 83.3 cm³/mol. The van der Waals surface area contributed by atoms with E-state index >= 15 is 0 Å². The number of ether oxygens (including phenoxy) is 1. The fourth-order valence-electron chi connectivity index (χ4n) is 1.69. The SMILES string of the molecule is Cn1ncc2c(Cl)nc(CSCC(=O)OC(C)(C)C)nc21. The fraction of sp³-hybridized carbons (Fsp3) is 0.538. The van der Waals surface area contributed by atoms with Crippen molar-refractivity contribution in [3.63, 3.8) is 0 Å². The number of rotatable bonds is 4. The van der Waals surface area contributed by atoms with Gasteiger partial charge < -0.3 is 4.74 Å². The van der Waals surface area contributed by atoms with Crippen LogP contribution in [-0.4, -0.2) is 37.1 Å². The van der Waals surface area contributed by atoms with Crippen molar-refractivity contribution >= 4 is 40.4 Å². The van der Waals surface area contributed by atoms with Crippen molar-refractivity contribution in [1.82, 2.24) is 19.7 Å². The fourth-order valence-corrected chi connectivity index (χ4v) is 2.56. The molecule has 0 saturated heterocycles. The van der Waals surface area contributed by atoms with Gasteiger partial charge in [0.25, 0.3) is 0 Å². The molecule has 0 aliphatic rings. The Morgan fingerprint density at radius 2 is 2.14 bits per heavy atom. The lowest BCUT2D eigenvalue weighted by atomic mass is 10.2. The van der Waals surface area contributed by atoms with Gasteiger partial charge in [0.15, 0.2) is 5.65 Å². The number of esters is 1. The Morgan fingerprint density at radius 1 is 1.43 bits per heavy atom. The van der Waals surface area contributed by atoms with Crippen LogP contribution in [0.2, 0.25) is 5.15 Å². The van der Waals surface area contributed by atoms with Crippen LogP contribution in [0.25, 0.3) is 11.0 Å². The van der Waals surface area contributed by atoms with Crippen molar-refractivity contribution in [2.45, 2.75) is 32.1 Å². The second-order valence-corrected chi connectivity index (χ2v) is 6.86. The number of aryl methyl sites for hydroxylation is 1. The monoisotopic (exact) mass is 328 g/mol. The van der Waals surface area contributed by atoms with E-state index in [9.17, 15) is 4.79 Å². The van der Waals surface area contributed by atoms with E-state index in [1.54, 1.807) is 17.9 Å². The lowest BCUT2D eigenvalue weighted by Crippen LogP contribution is -2.25. The molecular weight excluding hydrogens is 312 g/mol. The van der Waals surface area contributed by atoms with Crippen molar-refractivity contribution in [2.24, 2.45) is 7.05 Å². The van der Waals surface area contributed by atoms with E-state index in [4.69, 9.17) is 16.3 Å². The summed E-state index contributed by atoms with van der Waals surface area (Å²) in [6.45, 7) is 5.53. The van der Waals surface area contributed by atoms with Gasteiger partial charge in [0.2, 0.25) is 0 Å². The van der Waals surface area contributed by atoms with Gasteiger partial charge in [-0.05, 0) is 20.8 Å². The summed E-state index contributed by atoms with van der Waals surface area (Å²) >= 11 is 7.49. The molecular formula is C13H17ClN4O2S. The Bertz CT molecular complexity index is 666. The molecule has 0 saturated carbocycles. The first-order valence-electron chi connectivity index (χ1n) is 6.40. The highest BCUT2D eigenvalue weighted by molar-refractivity contribution is 7.99. The van der Waals surface area contributed by atoms with Crippen LogP contribution in [0, 0.1) is 0 Å². The summed E-state index contributed by atoms with van der Waals surface area (Å²) in [6.07, 6.45) is 1.63. The lowest BCUT2D eigenvalue weighted by Gasteiger charge is -2.19. The average Bonchev–Trinajstić information content (AvgIpc) is 2.69. The van der Waals surface area contributed by atoms with E-state index in [1.807, 2.05) is 20.8 Å². The molecule has 0 atom stereocenters. The Morgan fingerprint density at radius 3 is 2.81 bits per heavy atom. The third kappa shape index (κ3) is 4.31. The van der Waals surface area contributed by atoms with Crippen LogP contribution in [0.5, 0.6) is 0 Å². The number of aromatic nitrogens is 4. The maximum absolute atomic E-state index is 11.6. The Hall–Kier alpha value is -1.34. The quantitative estimate of drug-likeness (QED) is 0.634. The standard InChI is InChI=1S/C13H17ClN4O2S/c1-13(2,3)20-10(19)7-21-6-9-16-11(14)8-5-15-18(4)12(8)17-9/h5H,6-7H2,1-4H3. The van der Waals surface area contributed by atoms with Crippen LogP contribution in [0.4, 0.5) is 0 Å². The van der Waals surface area contributed by atoms with Crippen molar-refractivity contribution in [3.05, 3.63) is 17.2 Å². The van der Waals surface area contributed by atoms with Crippen molar-refractivity contribution in [3.8, 4) is 0 Å². The molecule has 2 heterocycles. The van der Waals surface area contributed by atoms with E-state index in [1.165, 1.54) is 11.8 Å². The minimum absolute atomic E-state index is 0.250. The second-order valence-electron chi connectivity index (χ2n) is 5.52. The molecule has 0 unspecified atom stereocenters. The Balaban J connectivity index is 1.98. The highest BCUT2D eigenvalue weighted by Crippen LogP contribution is 2.21. The van der Waals surface area contributed by atoms with Gasteiger partial charge in [-0.15, -0.1) is 11.8 Å². The van der Waals surface area contributed by atoms with Gasteiger partial charge in [-0.25, -0.2) is 9.97 Å². The van der Waals surface area contributed by atoms with Crippen LogP contribution >= 0.6 is 23.4 Å². The zero-order valence-corrected chi connectivity index (χ0v) is 14.0. The van der Waals surface area contributed by atoms with Gasteiger partial charge in [-0.2, -0.15) is 5.10 Å². The molecule has 0 bridgehead atoms. The first-order chi connectivity index (χ1) is 9.76. The maximum Gasteiger partial charge on any atom is 0.316 e. The third-order valence-corrected chi connectivity index (χ3v) is 3.65. The first-order valence-corrected chi connectivity index (χ1v) is 7.93. The molecule has 0 fully saturated rings. The number of nitrogens with zero attached hydrogens (tertiary/aromatic N) is 4. The molecule has 0 aliphatic carbocycles. The van der Waals surface area contributed by atoms with Crippen LogP contribution in [0.1, 0.15) is 26.6 Å². The van der Waals surface area contributed by atoms with Crippen LogP contribution in [0.15, 0.2) is 6.20 Å². The van der Waals surface area contributed by atoms with E-state index in [0.717, 1.165) is 5.39 Å². The zero-order valence-electron chi connectivity index (χ0n) is 12.4. The summed E-state index contributed by atoms with van der Waals surface area (Å²) in [4.78, 5) is 20.2. The second kappa shape index (κ2) is 6.19. The number of fused-ring (bicyclic) bond motifs is 1. The summed E-state index contributed by atoms with van der Waals surface area (Å²) in [6, 6.07) is 0. The van der Waals surface area contributed by atoms with E-state index in [-0.39, 0.29) is 11.7 Å². The molecule has 2 aromatic heterocycles. The number of hydrogen-bond donors (Lipinski definition) is 0. The van der Waals surface area contributed by atoms with Crippen molar-refractivity contribution < 1.29 is 9.53 Å². The Labute approximate surface area is 132 Å². The molecule has 6 nitrogen and oxygen atoms in total. The Kier molecular flexibility index (Phi) is 4.73. The summed E-state index contributed by atoms with van der Waals surface area (Å²) in [5, 5.41) is 5.19. The number of hydrogen-bond acceptors (Lipinski definition) is 6. The summed E-state index contributed by atoms with van der Waals surface area (Å²) in [7, 11) is 1.79. The van der Waals surface area contributed by atoms with Gasteiger partial charge in [0, 0.05) is 7.05 Å². The molecule has 0 aliphatic heterocycles. The smallest absolute Gasteiger partial charge is 0.316 e. The summed E-state index contributed by atoms with van der Waals surface area (Å²) < 4.78 is 6.88. The average molecular weight is 329 g/mol. The van der Waals surface area contributed by atoms with E-state index in [2.05, 4.69) is 15.1 Å². The summed E-state index contributed by atoms with van der Waals surface area (Å²) in [5.41, 5.74) is 0.216. The molecule has 0 amide bonds. The molecule has 8 heteroatoms. The van der Waals surface area contributed by atoms with Gasteiger partial charge in [-0.1, -0.05) is 11.6 Å². The van der Waals surface area contributed by atoms with Crippen LogP contribution < -0.4 is 0 Å². The number of halogens is 1. The van der Waals surface area contributed by atoms with Crippen molar-refractivity contribution in [1.29, 1.82) is 0 Å². The molecule has 0 radical (unpaired) electrons. The maximum atomic E-state index is 11.6. The number of carbonyl (C=O) groups is 1. The normalized spacial score (nSPS) is 11.9. The van der Waals surface area contributed by atoms with Gasteiger partial charge in [0.1, 0.15) is 16.6 Å². The van der Waals surface area contributed by atoms with Gasteiger partial charge >= 0.3 is 5.97 Å². The van der Waals surface area contributed by atoms with Gasteiger partial charge in [-0.3, -0.25) is 9.48 Å². The molecule has 2 rings (SSSR count). The van der Waals surface area contributed by atoms with Crippen LogP contribution in [0.3, 0.4) is 0 Å². The van der Waals surface area contributed by atoms with Crippen LogP contribution in [-0.2, 0) is 22.3 Å². The third-order valence-electron chi connectivity index (χ3n) is 2.46.